The summed E-state index contributed by atoms with van der Waals surface area (Å²) in [6.07, 6.45) is 1.69. The Hall–Kier alpha value is -1.66. The molecule has 1 fully saturated rings. The standard InChI is InChI=1S/C11H17N5O/c1-8-11(17)14-5-6-16(8)7-9-3-2-4-13-10(9)15-12/h2-4,8H,5-7,12H2,1H3,(H,13,15)(H,14,17). The highest BCUT2D eigenvalue weighted by Crippen LogP contribution is 2.15. The van der Waals surface area contributed by atoms with Crippen LogP contribution in [-0.4, -0.2) is 34.9 Å². The van der Waals surface area contributed by atoms with Gasteiger partial charge in [-0.1, -0.05) is 6.07 Å². The van der Waals surface area contributed by atoms with Crippen LogP contribution in [0.5, 0.6) is 0 Å². The minimum Gasteiger partial charge on any atom is -0.353 e. The summed E-state index contributed by atoms with van der Waals surface area (Å²) in [6.45, 7) is 4.10. The molecule has 1 aromatic heterocycles. The van der Waals surface area contributed by atoms with E-state index in [1.54, 1.807) is 6.20 Å². The number of rotatable bonds is 3. The van der Waals surface area contributed by atoms with Crippen molar-refractivity contribution in [3.05, 3.63) is 23.9 Å². The second-order valence-electron chi connectivity index (χ2n) is 4.09. The summed E-state index contributed by atoms with van der Waals surface area (Å²) in [6, 6.07) is 3.71. The van der Waals surface area contributed by atoms with Crippen LogP contribution in [0.15, 0.2) is 18.3 Å². The van der Waals surface area contributed by atoms with Crippen molar-refractivity contribution in [3.8, 4) is 0 Å². The van der Waals surface area contributed by atoms with Gasteiger partial charge in [-0.2, -0.15) is 0 Å². The molecule has 1 atom stereocenters. The van der Waals surface area contributed by atoms with E-state index < -0.39 is 0 Å². The quantitative estimate of drug-likeness (QED) is 0.494. The molecule has 1 amide bonds. The minimum atomic E-state index is -0.116. The molecule has 2 rings (SSSR count). The van der Waals surface area contributed by atoms with Crippen molar-refractivity contribution in [2.24, 2.45) is 5.84 Å². The van der Waals surface area contributed by atoms with E-state index in [1.807, 2.05) is 19.1 Å². The highest BCUT2D eigenvalue weighted by atomic mass is 16.2. The first-order valence-electron chi connectivity index (χ1n) is 5.64. The second-order valence-corrected chi connectivity index (χ2v) is 4.09. The van der Waals surface area contributed by atoms with Gasteiger partial charge >= 0.3 is 0 Å². The highest BCUT2D eigenvalue weighted by Gasteiger charge is 2.25. The maximum absolute atomic E-state index is 11.5. The van der Waals surface area contributed by atoms with Crippen LogP contribution in [0, 0.1) is 0 Å². The summed E-state index contributed by atoms with van der Waals surface area (Å²) in [5.74, 6) is 6.14. The molecule has 0 bridgehead atoms. The number of hydrogen-bond donors (Lipinski definition) is 3. The number of nitrogens with two attached hydrogens (primary N) is 1. The molecule has 6 nitrogen and oxygen atoms in total. The Balaban J connectivity index is 2.12. The molecule has 0 saturated carbocycles. The number of carbonyl (C=O) groups is 1. The average Bonchev–Trinajstić information content (AvgIpc) is 2.35. The molecule has 0 aliphatic carbocycles. The second kappa shape index (κ2) is 5.11. The van der Waals surface area contributed by atoms with E-state index in [9.17, 15) is 4.79 Å². The number of carbonyl (C=O) groups excluding carboxylic acids is 1. The molecule has 2 heterocycles. The summed E-state index contributed by atoms with van der Waals surface area (Å²) in [5, 5.41) is 2.84. The first-order valence-corrected chi connectivity index (χ1v) is 5.64. The normalized spacial score (nSPS) is 21.1. The van der Waals surface area contributed by atoms with Crippen LogP contribution in [0.2, 0.25) is 0 Å². The third kappa shape index (κ3) is 2.54. The van der Waals surface area contributed by atoms with Gasteiger partial charge < -0.3 is 10.7 Å². The van der Waals surface area contributed by atoms with Crippen LogP contribution < -0.4 is 16.6 Å². The summed E-state index contributed by atoms with van der Waals surface area (Å²) in [5.41, 5.74) is 3.57. The Morgan fingerprint density at radius 2 is 2.53 bits per heavy atom. The number of amides is 1. The zero-order chi connectivity index (χ0) is 12.3. The highest BCUT2D eigenvalue weighted by molar-refractivity contribution is 5.82. The van der Waals surface area contributed by atoms with Crippen molar-refractivity contribution >= 4 is 11.7 Å². The number of nitrogens with one attached hydrogen (secondary N) is 2. The molecule has 6 heteroatoms. The van der Waals surface area contributed by atoms with Gasteiger partial charge in [-0.15, -0.1) is 0 Å². The SMILES string of the molecule is CC1C(=O)NCCN1Cc1cccnc1NN. The fourth-order valence-electron chi connectivity index (χ4n) is 1.96. The van der Waals surface area contributed by atoms with E-state index in [0.717, 1.165) is 12.1 Å². The average molecular weight is 235 g/mol. The fraction of sp³-hybridized carbons (Fsp3) is 0.455. The van der Waals surface area contributed by atoms with Gasteiger partial charge in [-0.3, -0.25) is 9.69 Å². The third-order valence-corrected chi connectivity index (χ3v) is 3.03. The lowest BCUT2D eigenvalue weighted by molar-refractivity contribution is -0.128. The van der Waals surface area contributed by atoms with Crippen molar-refractivity contribution in [3.63, 3.8) is 0 Å². The third-order valence-electron chi connectivity index (χ3n) is 3.03. The smallest absolute Gasteiger partial charge is 0.237 e. The van der Waals surface area contributed by atoms with Gasteiger partial charge in [0.1, 0.15) is 5.82 Å². The zero-order valence-electron chi connectivity index (χ0n) is 9.81. The lowest BCUT2D eigenvalue weighted by Gasteiger charge is -2.32. The van der Waals surface area contributed by atoms with E-state index in [1.165, 1.54) is 0 Å². The summed E-state index contributed by atoms with van der Waals surface area (Å²) >= 11 is 0. The minimum absolute atomic E-state index is 0.0717. The number of anilines is 1. The zero-order valence-corrected chi connectivity index (χ0v) is 9.81. The first-order chi connectivity index (χ1) is 8.22. The Kier molecular flexibility index (Phi) is 3.55. The molecule has 0 aromatic carbocycles. The Labute approximate surface area is 100 Å². The van der Waals surface area contributed by atoms with Crippen LogP contribution in [0.1, 0.15) is 12.5 Å². The van der Waals surface area contributed by atoms with Crippen LogP contribution in [0.3, 0.4) is 0 Å². The maximum Gasteiger partial charge on any atom is 0.237 e. The molecule has 4 N–H and O–H groups in total. The van der Waals surface area contributed by atoms with Crippen LogP contribution >= 0.6 is 0 Å². The number of piperazine rings is 1. The molecule has 0 radical (unpaired) electrons. The Morgan fingerprint density at radius 1 is 1.71 bits per heavy atom. The summed E-state index contributed by atoms with van der Waals surface area (Å²) in [4.78, 5) is 17.8. The number of aromatic nitrogens is 1. The van der Waals surface area contributed by atoms with E-state index in [-0.39, 0.29) is 11.9 Å². The van der Waals surface area contributed by atoms with Crippen molar-refractivity contribution in [1.29, 1.82) is 0 Å². The van der Waals surface area contributed by atoms with Gasteiger partial charge in [0.2, 0.25) is 5.91 Å². The predicted molar refractivity (Wildman–Crippen MR) is 64.9 cm³/mol. The Bertz CT molecular complexity index is 409. The topological polar surface area (TPSA) is 83.3 Å². The molecular formula is C11H17N5O. The molecule has 92 valence electrons. The Morgan fingerprint density at radius 3 is 3.29 bits per heavy atom. The summed E-state index contributed by atoms with van der Waals surface area (Å²) in [7, 11) is 0. The van der Waals surface area contributed by atoms with Crippen LogP contribution in [0.25, 0.3) is 0 Å². The molecule has 1 saturated heterocycles. The van der Waals surface area contributed by atoms with Gasteiger partial charge in [0.25, 0.3) is 0 Å². The van der Waals surface area contributed by atoms with Gasteiger partial charge in [0.15, 0.2) is 0 Å². The number of nitrogens with zero attached hydrogens (tertiary/aromatic N) is 2. The largest absolute Gasteiger partial charge is 0.353 e. The lowest BCUT2D eigenvalue weighted by atomic mass is 10.1. The molecule has 0 spiro atoms. The van der Waals surface area contributed by atoms with Crippen LogP contribution in [0.4, 0.5) is 5.82 Å². The van der Waals surface area contributed by atoms with E-state index in [2.05, 4.69) is 20.6 Å². The van der Waals surface area contributed by atoms with Gasteiger partial charge in [0, 0.05) is 31.4 Å². The van der Waals surface area contributed by atoms with Gasteiger partial charge in [-0.05, 0) is 13.0 Å². The molecule has 1 aliphatic rings. The lowest BCUT2D eigenvalue weighted by Crippen LogP contribution is -2.53. The molecule has 1 unspecified atom stereocenters. The predicted octanol–water partition coefficient (Wildman–Crippen LogP) is -0.312. The molecular weight excluding hydrogens is 218 g/mol. The maximum atomic E-state index is 11.5. The van der Waals surface area contributed by atoms with Crippen molar-refractivity contribution < 1.29 is 4.79 Å². The van der Waals surface area contributed by atoms with Gasteiger partial charge in [-0.25, -0.2) is 10.8 Å². The van der Waals surface area contributed by atoms with E-state index in [4.69, 9.17) is 5.84 Å². The van der Waals surface area contributed by atoms with E-state index in [0.29, 0.717) is 18.9 Å². The molecule has 1 aliphatic heterocycles. The summed E-state index contributed by atoms with van der Waals surface area (Å²) < 4.78 is 0. The van der Waals surface area contributed by atoms with Crippen molar-refractivity contribution in [2.45, 2.75) is 19.5 Å². The number of hydrazine groups is 1. The molecule has 17 heavy (non-hydrogen) atoms. The first kappa shape index (κ1) is 11.8. The van der Waals surface area contributed by atoms with Crippen LogP contribution in [-0.2, 0) is 11.3 Å². The number of nitrogen functional groups attached to an aromatic ring is 1. The number of pyridine rings is 1. The fourth-order valence-corrected chi connectivity index (χ4v) is 1.96. The van der Waals surface area contributed by atoms with Crippen molar-refractivity contribution in [1.82, 2.24) is 15.2 Å². The molecule has 1 aromatic rings. The van der Waals surface area contributed by atoms with E-state index >= 15 is 0 Å². The van der Waals surface area contributed by atoms with Gasteiger partial charge in [0.05, 0.1) is 6.04 Å². The van der Waals surface area contributed by atoms with Crippen molar-refractivity contribution in [2.75, 3.05) is 18.5 Å². The number of hydrogen-bond acceptors (Lipinski definition) is 5. The monoisotopic (exact) mass is 235 g/mol.